The van der Waals surface area contributed by atoms with Gasteiger partial charge in [-0.25, -0.2) is 0 Å². The topological polar surface area (TPSA) is 41.6 Å². The highest BCUT2D eigenvalue weighted by Gasteiger charge is 2.19. The first-order valence-electron chi connectivity index (χ1n) is 10.00. The molecule has 0 unspecified atom stereocenters. The van der Waals surface area contributed by atoms with Gasteiger partial charge in [0.05, 0.1) is 6.04 Å². The number of piperidine rings is 1. The minimum atomic E-state index is -0.601. The number of rotatable bonds is 6. The number of halogens is 1. The molecular weight excluding hydrogens is 372 g/mol. The molecule has 0 saturated carbocycles. The molecule has 4 nitrogen and oxygen atoms in total. The number of hydrogen-bond donors (Lipinski definition) is 1. The highest BCUT2D eigenvalue weighted by Crippen LogP contribution is 2.25. The summed E-state index contributed by atoms with van der Waals surface area (Å²) in [5, 5.41) is 3.61. The number of benzene rings is 2. The third-order valence-electron chi connectivity index (χ3n) is 5.38. The lowest BCUT2D eigenvalue weighted by Crippen LogP contribution is -2.37. The van der Waals surface area contributed by atoms with Crippen LogP contribution in [-0.2, 0) is 4.79 Å². The highest BCUT2D eigenvalue weighted by molar-refractivity contribution is 6.30. The second-order valence-electron chi connectivity index (χ2n) is 7.71. The van der Waals surface area contributed by atoms with E-state index in [2.05, 4.69) is 41.4 Å². The summed E-state index contributed by atoms with van der Waals surface area (Å²) in [6, 6.07) is 15.5. The van der Waals surface area contributed by atoms with Gasteiger partial charge in [-0.1, -0.05) is 36.7 Å². The molecule has 0 spiro atoms. The van der Waals surface area contributed by atoms with E-state index in [0.29, 0.717) is 10.8 Å². The number of nitrogens with zero attached hydrogens (tertiary/aromatic N) is 1. The van der Waals surface area contributed by atoms with E-state index in [1.54, 1.807) is 31.2 Å². The lowest BCUT2D eigenvalue weighted by atomic mass is 9.98. The van der Waals surface area contributed by atoms with Crippen LogP contribution in [-0.4, -0.2) is 25.1 Å². The highest BCUT2D eigenvalue weighted by atomic mass is 35.5. The third-order valence-corrected chi connectivity index (χ3v) is 5.61. The van der Waals surface area contributed by atoms with Gasteiger partial charge in [-0.05, 0) is 68.5 Å². The summed E-state index contributed by atoms with van der Waals surface area (Å²) in [6.07, 6.45) is 1.90. The average molecular weight is 401 g/mol. The maximum atomic E-state index is 12.5. The van der Waals surface area contributed by atoms with Crippen LogP contribution in [0.25, 0.3) is 0 Å². The molecule has 3 rings (SSSR count). The van der Waals surface area contributed by atoms with Gasteiger partial charge in [0.25, 0.3) is 5.91 Å². The van der Waals surface area contributed by atoms with E-state index in [1.165, 1.54) is 18.5 Å². The minimum Gasteiger partial charge on any atom is -0.481 e. The van der Waals surface area contributed by atoms with E-state index in [9.17, 15) is 4.79 Å². The van der Waals surface area contributed by atoms with Crippen LogP contribution >= 0.6 is 11.6 Å². The Balaban J connectivity index is 1.54. The predicted octanol–water partition coefficient (Wildman–Crippen LogP) is 5.22. The zero-order chi connectivity index (χ0) is 20.1. The summed E-state index contributed by atoms with van der Waals surface area (Å²) in [5.41, 5.74) is 2.34. The average Bonchev–Trinajstić information content (AvgIpc) is 2.68. The Labute approximate surface area is 172 Å². The molecule has 1 N–H and O–H groups in total. The molecule has 1 aliphatic rings. The quantitative estimate of drug-likeness (QED) is 0.722. The van der Waals surface area contributed by atoms with Gasteiger partial charge < -0.3 is 15.0 Å². The molecule has 1 amide bonds. The molecule has 2 atom stereocenters. The van der Waals surface area contributed by atoms with Crippen LogP contribution in [0.15, 0.2) is 48.5 Å². The molecule has 5 heteroatoms. The van der Waals surface area contributed by atoms with Crippen molar-refractivity contribution in [3.05, 3.63) is 59.1 Å². The Morgan fingerprint density at radius 3 is 2.46 bits per heavy atom. The summed E-state index contributed by atoms with van der Waals surface area (Å²) in [5.74, 6) is 1.26. The van der Waals surface area contributed by atoms with Crippen molar-refractivity contribution in [1.82, 2.24) is 5.32 Å². The summed E-state index contributed by atoms with van der Waals surface area (Å²) < 4.78 is 5.70. The van der Waals surface area contributed by atoms with Crippen molar-refractivity contribution in [3.8, 4) is 5.75 Å². The lowest BCUT2D eigenvalue weighted by Gasteiger charge is -2.32. The fourth-order valence-corrected chi connectivity index (χ4v) is 3.63. The van der Waals surface area contributed by atoms with Crippen LogP contribution in [0.2, 0.25) is 5.02 Å². The van der Waals surface area contributed by atoms with Crippen LogP contribution in [0.5, 0.6) is 5.75 Å². The zero-order valence-electron chi connectivity index (χ0n) is 16.8. The molecule has 1 heterocycles. The summed E-state index contributed by atoms with van der Waals surface area (Å²) in [6.45, 7) is 8.28. The van der Waals surface area contributed by atoms with Gasteiger partial charge in [0.15, 0.2) is 6.10 Å². The molecule has 1 fully saturated rings. The maximum Gasteiger partial charge on any atom is 0.261 e. The summed E-state index contributed by atoms with van der Waals surface area (Å²) in [7, 11) is 0. The fraction of sp³-hybridized carbons (Fsp3) is 0.435. The second-order valence-corrected chi connectivity index (χ2v) is 8.15. The van der Waals surface area contributed by atoms with Gasteiger partial charge in [0.2, 0.25) is 0 Å². The normalized spacial score (nSPS) is 17.1. The second kappa shape index (κ2) is 9.33. The molecule has 0 aliphatic carbocycles. The van der Waals surface area contributed by atoms with Crippen molar-refractivity contribution in [3.63, 3.8) is 0 Å². The van der Waals surface area contributed by atoms with E-state index in [1.807, 2.05) is 6.92 Å². The number of hydrogen-bond acceptors (Lipinski definition) is 3. The summed E-state index contributed by atoms with van der Waals surface area (Å²) in [4.78, 5) is 14.9. The van der Waals surface area contributed by atoms with Gasteiger partial charge >= 0.3 is 0 Å². The van der Waals surface area contributed by atoms with E-state index in [-0.39, 0.29) is 11.9 Å². The lowest BCUT2D eigenvalue weighted by molar-refractivity contribution is -0.127. The first-order valence-corrected chi connectivity index (χ1v) is 10.4. The molecule has 0 bridgehead atoms. The monoisotopic (exact) mass is 400 g/mol. The van der Waals surface area contributed by atoms with Gasteiger partial charge in [0.1, 0.15) is 5.75 Å². The maximum absolute atomic E-state index is 12.5. The van der Waals surface area contributed by atoms with Crippen molar-refractivity contribution in [2.75, 3.05) is 18.0 Å². The zero-order valence-corrected chi connectivity index (χ0v) is 17.6. The van der Waals surface area contributed by atoms with Crippen molar-refractivity contribution in [2.45, 2.75) is 45.8 Å². The van der Waals surface area contributed by atoms with Gasteiger partial charge in [-0.2, -0.15) is 0 Å². The standard InChI is InChI=1S/C23H29ClN2O2/c1-16-11-13-26(14-12-16)21-9-7-19(8-10-21)17(2)25-23(27)18(3)28-22-6-4-5-20(24)15-22/h4-10,15-18H,11-14H2,1-3H3,(H,25,27)/t17-,18+/m1/s1. The molecule has 28 heavy (non-hydrogen) atoms. The molecule has 150 valence electrons. The Bertz CT molecular complexity index is 785. The van der Waals surface area contributed by atoms with E-state index in [4.69, 9.17) is 16.3 Å². The molecular formula is C23H29ClN2O2. The fourth-order valence-electron chi connectivity index (χ4n) is 3.45. The predicted molar refractivity (Wildman–Crippen MR) is 115 cm³/mol. The van der Waals surface area contributed by atoms with Crippen LogP contribution in [0.3, 0.4) is 0 Å². The number of nitrogens with one attached hydrogen (secondary N) is 1. The largest absolute Gasteiger partial charge is 0.481 e. The third kappa shape index (κ3) is 5.41. The molecule has 0 radical (unpaired) electrons. The number of carbonyl (C=O) groups is 1. The number of anilines is 1. The number of amides is 1. The van der Waals surface area contributed by atoms with Crippen molar-refractivity contribution >= 4 is 23.2 Å². The van der Waals surface area contributed by atoms with Crippen LogP contribution < -0.4 is 15.0 Å². The van der Waals surface area contributed by atoms with E-state index in [0.717, 1.165) is 24.6 Å². The SMILES string of the molecule is CC1CCN(c2ccc([C@@H](C)NC(=O)[C@H](C)Oc3cccc(Cl)c3)cc2)CC1. The van der Waals surface area contributed by atoms with Gasteiger partial charge in [0, 0.05) is 23.8 Å². The molecule has 2 aromatic rings. The summed E-state index contributed by atoms with van der Waals surface area (Å²) >= 11 is 5.96. The first-order chi connectivity index (χ1) is 13.4. The number of carbonyl (C=O) groups excluding carboxylic acids is 1. The smallest absolute Gasteiger partial charge is 0.261 e. The van der Waals surface area contributed by atoms with Gasteiger partial charge in [-0.3, -0.25) is 4.79 Å². The number of ether oxygens (including phenoxy) is 1. The van der Waals surface area contributed by atoms with Crippen molar-refractivity contribution < 1.29 is 9.53 Å². The molecule has 1 aliphatic heterocycles. The Hall–Kier alpha value is -2.20. The molecule has 2 aromatic carbocycles. The van der Waals surface area contributed by atoms with Crippen molar-refractivity contribution in [2.24, 2.45) is 5.92 Å². The Morgan fingerprint density at radius 1 is 1.14 bits per heavy atom. The van der Waals surface area contributed by atoms with Crippen LogP contribution in [0.4, 0.5) is 5.69 Å². The Kier molecular flexibility index (Phi) is 6.84. The first kappa shape index (κ1) is 20.5. The van der Waals surface area contributed by atoms with E-state index < -0.39 is 6.10 Å². The van der Waals surface area contributed by atoms with Crippen LogP contribution in [0.1, 0.15) is 45.2 Å². The van der Waals surface area contributed by atoms with Gasteiger partial charge in [-0.15, -0.1) is 0 Å². The Morgan fingerprint density at radius 2 is 1.82 bits per heavy atom. The van der Waals surface area contributed by atoms with Crippen molar-refractivity contribution in [1.29, 1.82) is 0 Å². The van der Waals surface area contributed by atoms with E-state index >= 15 is 0 Å². The molecule has 1 saturated heterocycles. The van der Waals surface area contributed by atoms with Crippen LogP contribution in [0, 0.1) is 5.92 Å². The molecule has 0 aromatic heterocycles. The minimum absolute atomic E-state index is 0.0895.